The topological polar surface area (TPSA) is 47.3 Å². The Balaban J connectivity index is 1.85. The first-order valence-corrected chi connectivity index (χ1v) is 10.5. The van der Waals surface area contributed by atoms with Crippen LogP contribution in [-0.4, -0.2) is 5.78 Å². The van der Waals surface area contributed by atoms with Crippen molar-refractivity contribution in [1.29, 1.82) is 0 Å². The summed E-state index contributed by atoms with van der Waals surface area (Å²) in [4.78, 5) is 27.3. The first-order chi connectivity index (χ1) is 15.7. The molecule has 0 spiro atoms. The van der Waals surface area contributed by atoms with Crippen LogP contribution in [-0.2, 0) is 0 Å². The molecule has 0 amide bonds. The fourth-order valence-corrected chi connectivity index (χ4v) is 4.10. The van der Waals surface area contributed by atoms with Crippen LogP contribution in [0.3, 0.4) is 0 Å². The standard InChI is InChI=1S/C29H20O3/c30-27(22-16-8-3-9-17-22)26-28(31)23-18-10-11-19-24(23)32-29(26)25(20-12-4-1-5-13-20)21-14-6-2-7-15-21/h1-19,25H. The van der Waals surface area contributed by atoms with Gasteiger partial charge in [0, 0.05) is 5.56 Å². The molecule has 0 atom stereocenters. The predicted octanol–water partition coefficient (Wildman–Crippen LogP) is 6.20. The van der Waals surface area contributed by atoms with Crippen LogP contribution in [0.1, 0.15) is 38.7 Å². The van der Waals surface area contributed by atoms with E-state index < -0.39 is 5.92 Å². The first kappa shape index (κ1) is 19.7. The maximum Gasteiger partial charge on any atom is 0.204 e. The molecule has 0 aliphatic carbocycles. The molecule has 32 heavy (non-hydrogen) atoms. The highest BCUT2D eigenvalue weighted by Crippen LogP contribution is 2.35. The number of hydrogen-bond acceptors (Lipinski definition) is 3. The Morgan fingerprint density at radius 1 is 0.625 bits per heavy atom. The lowest BCUT2D eigenvalue weighted by Gasteiger charge is -2.20. The van der Waals surface area contributed by atoms with E-state index in [1.807, 2.05) is 72.8 Å². The summed E-state index contributed by atoms with van der Waals surface area (Å²) in [7, 11) is 0. The molecule has 3 heteroatoms. The Morgan fingerprint density at radius 2 is 1.12 bits per heavy atom. The number of benzene rings is 4. The van der Waals surface area contributed by atoms with E-state index >= 15 is 0 Å². The molecule has 4 aromatic carbocycles. The molecule has 1 heterocycles. The van der Waals surface area contributed by atoms with E-state index in [0.717, 1.165) is 11.1 Å². The Bertz CT molecular complexity index is 1400. The predicted molar refractivity (Wildman–Crippen MR) is 126 cm³/mol. The van der Waals surface area contributed by atoms with Crippen LogP contribution in [0.4, 0.5) is 0 Å². The van der Waals surface area contributed by atoms with Gasteiger partial charge in [0.05, 0.1) is 11.3 Å². The summed E-state index contributed by atoms with van der Waals surface area (Å²) in [6.07, 6.45) is 0. The van der Waals surface area contributed by atoms with Gasteiger partial charge in [-0.3, -0.25) is 9.59 Å². The van der Waals surface area contributed by atoms with Gasteiger partial charge in [-0.1, -0.05) is 103 Å². The summed E-state index contributed by atoms with van der Waals surface area (Å²) in [5, 5.41) is 0.399. The average molecular weight is 416 g/mol. The lowest BCUT2D eigenvalue weighted by Crippen LogP contribution is -2.22. The molecular formula is C29H20O3. The highest BCUT2D eigenvalue weighted by molar-refractivity contribution is 6.11. The van der Waals surface area contributed by atoms with Crippen molar-refractivity contribution < 1.29 is 9.21 Å². The lowest BCUT2D eigenvalue weighted by molar-refractivity contribution is 0.103. The number of fused-ring (bicyclic) bond motifs is 1. The van der Waals surface area contributed by atoms with Crippen molar-refractivity contribution >= 4 is 16.8 Å². The van der Waals surface area contributed by atoms with E-state index in [-0.39, 0.29) is 16.8 Å². The monoisotopic (exact) mass is 416 g/mol. The molecule has 5 aromatic rings. The molecule has 0 saturated heterocycles. The van der Waals surface area contributed by atoms with Gasteiger partial charge in [-0.05, 0) is 23.3 Å². The molecule has 0 N–H and O–H groups in total. The summed E-state index contributed by atoms with van der Waals surface area (Å²) >= 11 is 0. The van der Waals surface area contributed by atoms with Crippen molar-refractivity contribution in [1.82, 2.24) is 0 Å². The van der Waals surface area contributed by atoms with Gasteiger partial charge in [-0.2, -0.15) is 0 Å². The van der Waals surface area contributed by atoms with Crippen LogP contribution in [0.2, 0.25) is 0 Å². The number of ketones is 1. The second-order valence-electron chi connectivity index (χ2n) is 7.62. The maximum absolute atomic E-state index is 13.7. The molecule has 0 bridgehead atoms. The SMILES string of the molecule is O=C(c1ccccc1)c1c(C(c2ccccc2)c2ccccc2)oc2ccccc2c1=O. The van der Waals surface area contributed by atoms with Gasteiger partial charge in [-0.15, -0.1) is 0 Å². The Kier molecular flexibility index (Phi) is 5.22. The zero-order valence-corrected chi connectivity index (χ0v) is 17.3. The van der Waals surface area contributed by atoms with E-state index in [1.54, 1.807) is 42.5 Å². The highest BCUT2D eigenvalue weighted by Gasteiger charge is 2.29. The van der Waals surface area contributed by atoms with Crippen molar-refractivity contribution in [2.75, 3.05) is 0 Å². The number of para-hydroxylation sites is 1. The minimum absolute atomic E-state index is 0.0765. The van der Waals surface area contributed by atoms with Crippen molar-refractivity contribution in [2.24, 2.45) is 0 Å². The number of hydrogen-bond donors (Lipinski definition) is 0. The molecule has 0 saturated carbocycles. The molecule has 0 fully saturated rings. The largest absolute Gasteiger partial charge is 0.459 e. The second kappa shape index (κ2) is 8.48. The normalized spacial score (nSPS) is 11.0. The van der Waals surface area contributed by atoms with Gasteiger partial charge in [0.1, 0.15) is 16.9 Å². The van der Waals surface area contributed by atoms with Crippen molar-refractivity contribution in [3.63, 3.8) is 0 Å². The summed E-state index contributed by atoms with van der Waals surface area (Å²) in [6.45, 7) is 0. The minimum atomic E-state index is -0.405. The number of carbonyl (C=O) groups excluding carboxylic acids is 1. The van der Waals surface area contributed by atoms with E-state index in [1.165, 1.54) is 0 Å². The fourth-order valence-electron chi connectivity index (χ4n) is 4.10. The lowest BCUT2D eigenvalue weighted by atomic mass is 9.85. The fraction of sp³-hybridized carbons (Fsp3) is 0.0345. The van der Waals surface area contributed by atoms with Crippen LogP contribution in [0.5, 0.6) is 0 Å². The Labute approximate surface area is 185 Å². The van der Waals surface area contributed by atoms with Gasteiger partial charge in [-0.25, -0.2) is 0 Å². The second-order valence-corrected chi connectivity index (χ2v) is 7.62. The molecule has 0 aliphatic heterocycles. The number of carbonyl (C=O) groups is 1. The maximum atomic E-state index is 13.7. The molecule has 0 unspecified atom stereocenters. The van der Waals surface area contributed by atoms with Crippen molar-refractivity contribution in [3.05, 3.63) is 153 Å². The third kappa shape index (κ3) is 3.54. The Hall–Kier alpha value is -4.24. The zero-order valence-electron chi connectivity index (χ0n) is 17.3. The van der Waals surface area contributed by atoms with Crippen molar-refractivity contribution in [2.45, 2.75) is 5.92 Å². The zero-order chi connectivity index (χ0) is 21.9. The molecule has 0 radical (unpaired) electrons. The summed E-state index contributed by atoms with van der Waals surface area (Å²) in [6, 6.07) is 35.6. The first-order valence-electron chi connectivity index (χ1n) is 10.5. The van der Waals surface area contributed by atoms with Crippen LogP contribution >= 0.6 is 0 Å². The average Bonchev–Trinajstić information content (AvgIpc) is 2.86. The molecule has 1 aromatic heterocycles. The van der Waals surface area contributed by atoms with Gasteiger partial charge in [0.15, 0.2) is 5.78 Å². The summed E-state index contributed by atoms with van der Waals surface area (Å²) in [5.74, 6) is -0.380. The Morgan fingerprint density at radius 3 is 1.72 bits per heavy atom. The van der Waals surface area contributed by atoms with Gasteiger partial charge < -0.3 is 4.42 Å². The summed E-state index contributed by atoms with van der Waals surface area (Å²) in [5.41, 5.74) is 2.57. The molecule has 0 aliphatic rings. The molecule has 154 valence electrons. The minimum Gasteiger partial charge on any atom is -0.459 e. The molecular weight excluding hydrogens is 396 g/mol. The molecule has 3 nitrogen and oxygen atoms in total. The third-order valence-electron chi connectivity index (χ3n) is 5.62. The van der Waals surface area contributed by atoms with Crippen molar-refractivity contribution in [3.8, 4) is 0 Å². The van der Waals surface area contributed by atoms with Crippen LogP contribution in [0.15, 0.2) is 124 Å². The van der Waals surface area contributed by atoms with Crippen LogP contribution < -0.4 is 5.43 Å². The number of rotatable bonds is 5. The quantitative estimate of drug-likeness (QED) is 0.320. The van der Waals surface area contributed by atoms with E-state index in [2.05, 4.69) is 0 Å². The molecule has 5 rings (SSSR count). The van der Waals surface area contributed by atoms with Gasteiger partial charge in [0.2, 0.25) is 5.43 Å². The van der Waals surface area contributed by atoms with Gasteiger partial charge in [0.25, 0.3) is 0 Å². The summed E-state index contributed by atoms with van der Waals surface area (Å²) < 4.78 is 6.37. The third-order valence-corrected chi connectivity index (χ3v) is 5.62. The van der Waals surface area contributed by atoms with Gasteiger partial charge >= 0.3 is 0 Å². The van der Waals surface area contributed by atoms with E-state index in [4.69, 9.17) is 4.42 Å². The van der Waals surface area contributed by atoms with E-state index in [0.29, 0.717) is 22.3 Å². The van der Waals surface area contributed by atoms with Crippen LogP contribution in [0.25, 0.3) is 11.0 Å². The smallest absolute Gasteiger partial charge is 0.204 e. The van der Waals surface area contributed by atoms with Crippen LogP contribution in [0, 0.1) is 0 Å². The highest BCUT2D eigenvalue weighted by atomic mass is 16.3. The van der Waals surface area contributed by atoms with E-state index in [9.17, 15) is 9.59 Å².